The molecule has 3 nitrogen and oxygen atoms in total. The van der Waals surface area contributed by atoms with E-state index in [9.17, 15) is 4.79 Å². The average molecular weight is 220 g/mol. The highest BCUT2D eigenvalue weighted by atomic mass is 16.6. The van der Waals surface area contributed by atoms with Crippen LogP contribution in [0.3, 0.4) is 0 Å². The molecule has 1 heterocycles. The highest BCUT2D eigenvalue weighted by Crippen LogP contribution is 2.29. The van der Waals surface area contributed by atoms with E-state index in [1.54, 1.807) is 0 Å². The molecular formula is C13H16O3. The van der Waals surface area contributed by atoms with Crippen LogP contribution in [0.25, 0.3) is 0 Å². The fourth-order valence-electron chi connectivity index (χ4n) is 2.02. The van der Waals surface area contributed by atoms with Crippen molar-refractivity contribution in [3.8, 4) is 0 Å². The number of esters is 1. The lowest BCUT2D eigenvalue weighted by atomic mass is 10.0. The van der Waals surface area contributed by atoms with Crippen molar-refractivity contribution in [3.05, 3.63) is 35.9 Å². The second-order valence-electron chi connectivity index (χ2n) is 3.99. The van der Waals surface area contributed by atoms with E-state index in [1.807, 2.05) is 30.3 Å². The van der Waals surface area contributed by atoms with Gasteiger partial charge in [0.05, 0.1) is 6.10 Å². The van der Waals surface area contributed by atoms with Gasteiger partial charge in [-0.05, 0) is 18.4 Å². The van der Waals surface area contributed by atoms with Gasteiger partial charge in [-0.3, -0.25) is 4.79 Å². The highest BCUT2D eigenvalue weighted by molar-refractivity contribution is 5.66. The Morgan fingerprint density at radius 2 is 2.19 bits per heavy atom. The molecule has 0 unspecified atom stereocenters. The molecule has 1 aliphatic rings. The average Bonchev–Trinajstić information content (AvgIpc) is 2.80. The van der Waals surface area contributed by atoms with Crippen molar-refractivity contribution in [1.29, 1.82) is 0 Å². The Hall–Kier alpha value is -1.35. The molecule has 1 aliphatic heterocycles. The monoisotopic (exact) mass is 220 g/mol. The molecular weight excluding hydrogens is 204 g/mol. The van der Waals surface area contributed by atoms with Gasteiger partial charge in [-0.1, -0.05) is 30.3 Å². The lowest BCUT2D eigenvalue weighted by molar-refractivity contribution is -0.153. The smallest absolute Gasteiger partial charge is 0.303 e. The maximum atomic E-state index is 11.1. The maximum absolute atomic E-state index is 11.1. The number of hydrogen-bond donors (Lipinski definition) is 0. The fraction of sp³-hybridized carbons (Fsp3) is 0.462. The van der Waals surface area contributed by atoms with Gasteiger partial charge < -0.3 is 9.47 Å². The van der Waals surface area contributed by atoms with Gasteiger partial charge >= 0.3 is 5.97 Å². The van der Waals surface area contributed by atoms with Crippen LogP contribution >= 0.6 is 0 Å². The Kier molecular flexibility index (Phi) is 3.57. The Labute approximate surface area is 95.4 Å². The normalized spacial score (nSPS) is 21.7. The van der Waals surface area contributed by atoms with E-state index >= 15 is 0 Å². The number of carbonyl (C=O) groups excluding carboxylic acids is 1. The maximum Gasteiger partial charge on any atom is 0.303 e. The van der Waals surface area contributed by atoms with Crippen LogP contribution in [0.4, 0.5) is 0 Å². The minimum Gasteiger partial charge on any atom is -0.455 e. The molecule has 0 radical (unpaired) electrons. The molecule has 2 rings (SSSR count). The van der Waals surface area contributed by atoms with Crippen molar-refractivity contribution in [1.82, 2.24) is 0 Å². The van der Waals surface area contributed by atoms with E-state index in [0.29, 0.717) is 0 Å². The van der Waals surface area contributed by atoms with Crippen molar-refractivity contribution in [3.63, 3.8) is 0 Å². The summed E-state index contributed by atoms with van der Waals surface area (Å²) in [7, 11) is 0. The molecule has 0 amide bonds. The Balaban J connectivity index is 2.16. The van der Waals surface area contributed by atoms with Crippen LogP contribution in [-0.2, 0) is 14.3 Å². The number of hydrogen-bond acceptors (Lipinski definition) is 3. The van der Waals surface area contributed by atoms with Crippen LogP contribution in [-0.4, -0.2) is 18.7 Å². The van der Waals surface area contributed by atoms with Gasteiger partial charge in [0.25, 0.3) is 0 Å². The van der Waals surface area contributed by atoms with Gasteiger partial charge in [0.2, 0.25) is 0 Å². The standard InChI is InChI=1S/C13H16O3/c1-10(14)16-13(12-8-5-9-15-12)11-6-3-2-4-7-11/h2-4,6-7,12-13H,5,8-9H2,1H3/t12-,13-/m1/s1. The zero-order valence-electron chi connectivity index (χ0n) is 9.39. The van der Waals surface area contributed by atoms with Gasteiger partial charge in [-0.15, -0.1) is 0 Å². The molecule has 1 aromatic carbocycles. The summed E-state index contributed by atoms with van der Waals surface area (Å²) in [6.07, 6.45) is 1.73. The van der Waals surface area contributed by atoms with Crippen molar-refractivity contribution in [2.45, 2.75) is 32.0 Å². The summed E-state index contributed by atoms with van der Waals surface area (Å²) in [6, 6.07) is 9.77. The first-order valence-corrected chi connectivity index (χ1v) is 5.61. The van der Waals surface area contributed by atoms with E-state index in [1.165, 1.54) is 6.92 Å². The molecule has 1 fully saturated rings. The Bertz CT molecular complexity index is 341. The second-order valence-corrected chi connectivity index (χ2v) is 3.99. The summed E-state index contributed by atoms with van der Waals surface area (Å²) in [5.74, 6) is -0.260. The largest absolute Gasteiger partial charge is 0.455 e. The molecule has 2 atom stereocenters. The summed E-state index contributed by atoms with van der Waals surface area (Å²) in [6.45, 7) is 2.19. The molecule has 0 bridgehead atoms. The highest BCUT2D eigenvalue weighted by Gasteiger charge is 2.29. The Morgan fingerprint density at radius 1 is 1.44 bits per heavy atom. The molecule has 0 spiro atoms. The molecule has 1 saturated heterocycles. The second kappa shape index (κ2) is 5.12. The van der Waals surface area contributed by atoms with Crippen LogP contribution in [0.15, 0.2) is 30.3 Å². The fourth-order valence-corrected chi connectivity index (χ4v) is 2.02. The summed E-state index contributed by atoms with van der Waals surface area (Å²) >= 11 is 0. The van der Waals surface area contributed by atoms with Gasteiger partial charge in [-0.25, -0.2) is 0 Å². The molecule has 0 saturated carbocycles. The third-order valence-corrected chi connectivity index (χ3v) is 2.72. The summed E-state index contributed by atoms with van der Waals surface area (Å²) in [5.41, 5.74) is 1.00. The lowest BCUT2D eigenvalue weighted by Gasteiger charge is -2.22. The number of ether oxygens (including phenoxy) is 2. The van der Waals surface area contributed by atoms with Crippen molar-refractivity contribution >= 4 is 5.97 Å². The molecule has 0 aromatic heterocycles. The van der Waals surface area contributed by atoms with Crippen LogP contribution in [0.1, 0.15) is 31.4 Å². The summed E-state index contributed by atoms with van der Waals surface area (Å²) < 4.78 is 10.9. The first-order chi connectivity index (χ1) is 7.77. The van der Waals surface area contributed by atoms with Crippen molar-refractivity contribution in [2.75, 3.05) is 6.61 Å². The SMILES string of the molecule is CC(=O)O[C@H](c1ccccc1)[C@H]1CCCO1. The summed E-state index contributed by atoms with van der Waals surface area (Å²) in [5, 5.41) is 0. The van der Waals surface area contributed by atoms with Crippen molar-refractivity contribution < 1.29 is 14.3 Å². The van der Waals surface area contributed by atoms with E-state index in [0.717, 1.165) is 25.0 Å². The van der Waals surface area contributed by atoms with E-state index in [2.05, 4.69) is 0 Å². The first-order valence-electron chi connectivity index (χ1n) is 5.61. The minimum absolute atomic E-state index is 0.00583. The van der Waals surface area contributed by atoms with Crippen LogP contribution < -0.4 is 0 Å². The molecule has 0 N–H and O–H groups in total. The van der Waals surface area contributed by atoms with Crippen LogP contribution in [0.2, 0.25) is 0 Å². The zero-order chi connectivity index (χ0) is 11.4. The number of carbonyl (C=O) groups is 1. The Morgan fingerprint density at radius 3 is 2.75 bits per heavy atom. The topological polar surface area (TPSA) is 35.5 Å². The van der Waals surface area contributed by atoms with Crippen molar-refractivity contribution in [2.24, 2.45) is 0 Å². The lowest BCUT2D eigenvalue weighted by Crippen LogP contribution is -2.22. The van der Waals surface area contributed by atoms with E-state index < -0.39 is 0 Å². The summed E-state index contributed by atoms with van der Waals surface area (Å²) in [4.78, 5) is 11.1. The predicted octanol–water partition coefficient (Wildman–Crippen LogP) is 2.47. The first kappa shape index (κ1) is 11.1. The molecule has 16 heavy (non-hydrogen) atoms. The zero-order valence-corrected chi connectivity index (χ0v) is 9.39. The predicted molar refractivity (Wildman–Crippen MR) is 59.9 cm³/mol. The number of rotatable bonds is 3. The third kappa shape index (κ3) is 2.61. The molecule has 0 aliphatic carbocycles. The molecule has 3 heteroatoms. The minimum atomic E-state index is -0.263. The van der Waals surface area contributed by atoms with Gasteiger partial charge in [0.15, 0.2) is 6.10 Å². The van der Waals surface area contributed by atoms with Gasteiger partial charge in [0, 0.05) is 13.5 Å². The molecule has 1 aromatic rings. The van der Waals surface area contributed by atoms with E-state index in [-0.39, 0.29) is 18.2 Å². The third-order valence-electron chi connectivity index (χ3n) is 2.72. The quantitative estimate of drug-likeness (QED) is 0.734. The van der Waals surface area contributed by atoms with E-state index in [4.69, 9.17) is 9.47 Å². The molecule has 86 valence electrons. The van der Waals surface area contributed by atoms with Gasteiger partial charge in [0.1, 0.15) is 0 Å². The van der Waals surface area contributed by atoms with Crippen LogP contribution in [0, 0.1) is 0 Å². The number of benzene rings is 1. The van der Waals surface area contributed by atoms with Crippen LogP contribution in [0.5, 0.6) is 0 Å². The van der Waals surface area contributed by atoms with Gasteiger partial charge in [-0.2, -0.15) is 0 Å².